The van der Waals surface area contributed by atoms with Crippen LogP contribution in [0.3, 0.4) is 0 Å². The first kappa shape index (κ1) is 25.7. The topological polar surface area (TPSA) is 76.6 Å². The maximum atomic E-state index is 5.97. The predicted octanol–water partition coefficient (Wildman–Crippen LogP) is 5.02. The number of ether oxygens (including phenoxy) is 1. The van der Waals surface area contributed by atoms with Crippen molar-refractivity contribution in [3.63, 3.8) is 0 Å². The standard InChI is InChI=1S/C28H37BrN8O/c1-17(2)25(21-8-10-22(29)11-9-21)34-13-19(4)35(14-18(34)3)26-24-27(37-16-30-33-28(37)32-26)36(20(5)31-24)15-23-7-6-12-38-23/h8-11,16-19,23,25H,6-7,12-15H2,1-5H3/t18-,19+,23+,25+/m1/s1. The maximum absolute atomic E-state index is 5.97. The molecule has 0 saturated carbocycles. The molecule has 0 radical (unpaired) electrons. The fraction of sp³-hybridized carbons (Fsp3) is 0.571. The van der Waals surface area contributed by atoms with E-state index >= 15 is 0 Å². The van der Waals surface area contributed by atoms with Crippen molar-refractivity contribution in [3.8, 4) is 0 Å². The quantitative estimate of drug-likeness (QED) is 0.317. The molecule has 2 fully saturated rings. The van der Waals surface area contributed by atoms with Gasteiger partial charge in [-0.2, -0.15) is 4.98 Å². The lowest BCUT2D eigenvalue weighted by Crippen LogP contribution is -2.58. The molecule has 10 heteroatoms. The van der Waals surface area contributed by atoms with Gasteiger partial charge in [0.05, 0.1) is 12.6 Å². The minimum atomic E-state index is 0.211. The Morgan fingerprint density at radius 2 is 1.87 bits per heavy atom. The smallest absolute Gasteiger partial charge is 0.258 e. The summed E-state index contributed by atoms with van der Waals surface area (Å²) in [5, 5.41) is 8.55. The molecule has 0 amide bonds. The zero-order valence-corrected chi connectivity index (χ0v) is 24.5. The summed E-state index contributed by atoms with van der Waals surface area (Å²) in [6.07, 6.45) is 4.15. The Kier molecular flexibility index (Phi) is 6.90. The number of nitrogens with zero attached hydrogens (tertiary/aromatic N) is 8. The number of aryl methyl sites for hydroxylation is 1. The summed E-state index contributed by atoms with van der Waals surface area (Å²) in [6, 6.07) is 9.76. The van der Waals surface area contributed by atoms with Crippen molar-refractivity contribution in [2.45, 2.75) is 78.2 Å². The van der Waals surface area contributed by atoms with Crippen LogP contribution < -0.4 is 4.90 Å². The highest BCUT2D eigenvalue weighted by Crippen LogP contribution is 2.36. The van der Waals surface area contributed by atoms with E-state index in [0.29, 0.717) is 23.8 Å². The third-order valence-electron chi connectivity index (χ3n) is 8.22. The van der Waals surface area contributed by atoms with Gasteiger partial charge in [0.1, 0.15) is 17.7 Å². The molecule has 0 spiro atoms. The fourth-order valence-electron chi connectivity index (χ4n) is 6.42. The zero-order chi connectivity index (χ0) is 26.6. The molecule has 202 valence electrons. The van der Waals surface area contributed by atoms with Crippen molar-refractivity contribution in [1.82, 2.24) is 34.0 Å². The highest BCUT2D eigenvalue weighted by molar-refractivity contribution is 9.10. The number of fused-ring (bicyclic) bond motifs is 3. The van der Waals surface area contributed by atoms with E-state index in [9.17, 15) is 0 Å². The predicted molar refractivity (Wildman–Crippen MR) is 152 cm³/mol. The van der Waals surface area contributed by atoms with Crippen molar-refractivity contribution in [3.05, 3.63) is 46.5 Å². The summed E-state index contributed by atoms with van der Waals surface area (Å²) in [4.78, 5) is 15.2. The van der Waals surface area contributed by atoms with Gasteiger partial charge in [0, 0.05) is 42.3 Å². The molecule has 0 bridgehead atoms. The van der Waals surface area contributed by atoms with Crippen molar-refractivity contribution in [1.29, 1.82) is 0 Å². The first-order valence-corrected chi connectivity index (χ1v) is 14.6. The van der Waals surface area contributed by atoms with Gasteiger partial charge in [-0.3, -0.25) is 4.90 Å². The van der Waals surface area contributed by atoms with Gasteiger partial charge >= 0.3 is 0 Å². The van der Waals surface area contributed by atoms with Gasteiger partial charge in [-0.1, -0.05) is 41.9 Å². The fourth-order valence-corrected chi connectivity index (χ4v) is 6.68. The van der Waals surface area contributed by atoms with E-state index in [1.165, 1.54) is 5.56 Å². The zero-order valence-electron chi connectivity index (χ0n) is 22.9. The van der Waals surface area contributed by atoms with Gasteiger partial charge < -0.3 is 14.2 Å². The minimum absolute atomic E-state index is 0.211. The Morgan fingerprint density at radius 1 is 1.08 bits per heavy atom. The summed E-state index contributed by atoms with van der Waals surface area (Å²) in [7, 11) is 0. The van der Waals surface area contributed by atoms with Crippen molar-refractivity contribution < 1.29 is 4.74 Å². The molecule has 2 aliphatic heterocycles. The van der Waals surface area contributed by atoms with Crippen molar-refractivity contribution in [2.24, 2.45) is 5.92 Å². The van der Waals surface area contributed by atoms with E-state index in [0.717, 1.165) is 66.4 Å². The summed E-state index contributed by atoms with van der Waals surface area (Å²) < 4.78 is 11.3. The van der Waals surface area contributed by atoms with E-state index in [-0.39, 0.29) is 12.1 Å². The SMILES string of the molecule is Cc1nc2c(N3C[C@@H](C)N([C@H](c4ccc(Br)cc4)C(C)C)C[C@@H]3C)nc3nncn3c2n1C[C@@H]1CCCO1. The number of hydrogen-bond acceptors (Lipinski definition) is 7. The number of imidazole rings is 1. The minimum Gasteiger partial charge on any atom is -0.376 e. The molecule has 2 saturated heterocycles. The molecule has 2 aliphatic rings. The molecule has 4 atom stereocenters. The summed E-state index contributed by atoms with van der Waals surface area (Å²) in [5.41, 5.74) is 3.28. The van der Waals surface area contributed by atoms with Crippen LogP contribution in [0.4, 0.5) is 5.82 Å². The Labute approximate surface area is 232 Å². The van der Waals surface area contributed by atoms with Crippen LogP contribution in [0.15, 0.2) is 35.1 Å². The van der Waals surface area contributed by atoms with Gasteiger partial charge in [0.2, 0.25) is 0 Å². The van der Waals surface area contributed by atoms with Gasteiger partial charge in [0.15, 0.2) is 11.5 Å². The van der Waals surface area contributed by atoms with E-state index in [4.69, 9.17) is 14.7 Å². The van der Waals surface area contributed by atoms with Crippen LogP contribution in [0.25, 0.3) is 16.9 Å². The Balaban J connectivity index is 1.37. The number of hydrogen-bond donors (Lipinski definition) is 0. The van der Waals surface area contributed by atoms with Crippen LogP contribution in [0.2, 0.25) is 0 Å². The number of rotatable bonds is 6. The summed E-state index contributed by atoms with van der Waals surface area (Å²) >= 11 is 3.59. The molecule has 5 heterocycles. The second kappa shape index (κ2) is 10.2. The summed E-state index contributed by atoms with van der Waals surface area (Å²) in [6.45, 7) is 14.8. The normalized spacial score (nSPS) is 23.8. The number of anilines is 1. The van der Waals surface area contributed by atoms with Crippen LogP contribution >= 0.6 is 15.9 Å². The van der Waals surface area contributed by atoms with E-state index in [1.807, 2.05) is 4.40 Å². The van der Waals surface area contributed by atoms with Gasteiger partial charge in [0.25, 0.3) is 5.78 Å². The van der Waals surface area contributed by atoms with Gasteiger partial charge in [-0.15, -0.1) is 10.2 Å². The number of piperazine rings is 1. The Hall–Kier alpha value is -2.56. The molecule has 0 unspecified atom stereocenters. The van der Waals surface area contributed by atoms with Gasteiger partial charge in [-0.25, -0.2) is 9.38 Å². The summed E-state index contributed by atoms with van der Waals surface area (Å²) in [5.74, 6) is 2.97. The molecular formula is C28H37BrN8O. The molecule has 4 aromatic rings. The molecular weight excluding hydrogens is 544 g/mol. The highest BCUT2D eigenvalue weighted by Gasteiger charge is 2.37. The first-order chi connectivity index (χ1) is 18.3. The second-order valence-corrected chi connectivity index (χ2v) is 12.2. The number of benzene rings is 1. The molecule has 6 rings (SSSR count). The van der Waals surface area contributed by atoms with Crippen molar-refractivity contribution >= 4 is 38.7 Å². The monoisotopic (exact) mass is 580 g/mol. The van der Waals surface area contributed by atoms with Crippen LogP contribution in [0, 0.1) is 12.8 Å². The first-order valence-electron chi connectivity index (χ1n) is 13.8. The van der Waals surface area contributed by atoms with E-state index in [2.05, 4.69) is 99.4 Å². The average molecular weight is 582 g/mol. The third-order valence-corrected chi connectivity index (χ3v) is 8.75. The van der Waals surface area contributed by atoms with E-state index < -0.39 is 0 Å². The van der Waals surface area contributed by atoms with Crippen LogP contribution in [-0.2, 0) is 11.3 Å². The lowest BCUT2D eigenvalue weighted by molar-refractivity contribution is 0.0822. The third kappa shape index (κ3) is 4.50. The molecule has 3 aromatic heterocycles. The maximum Gasteiger partial charge on any atom is 0.258 e. The molecule has 1 aromatic carbocycles. The van der Waals surface area contributed by atoms with E-state index in [1.54, 1.807) is 6.33 Å². The largest absolute Gasteiger partial charge is 0.376 e. The van der Waals surface area contributed by atoms with Crippen LogP contribution in [0.1, 0.15) is 58.0 Å². The van der Waals surface area contributed by atoms with Crippen LogP contribution in [-0.4, -0.2) is 71.9 Å². The number of aromatic nitrogens is 6. The highest BCUT2D eigenvalue weighted by atomic mass is 79.9. The average Bonchev–Trinajstić information content (AvgIpc) is 3.63. The lowest BCUT2D eigenvalue weighted by atomic mass is 9.91. The Bertz CT molecular complexity index is 1420. The van der Waals surface area contributed by atoms with Crippen molar-refractivity contribution in [2.75, 3.05) is 24.6 Å². The molecule has 0 N–H and O–H groups in total. The Morgan fingerprint density at radius 3 is 2.58 bits per heavy atom. The van der Waals surface area contributed by atoms with Crippen LogP contribution in [0.5, 0.6) is 0 Å². The molecule has 0 aliphatic carbocycles. The second-order valence-electron chi connectivity index (χ2n) is 11.3. The number of halogens is 1. The van der Waals surface area contributed by atoms with Gasteiger partial charge in [-0.05, 0) is 57.2 Å². The molecule has 38 heavy (non-hydrogen) atoms. The molecule has 9 nitrogen and oxygen atoms in total. The lowest BCUT2D eigenvalue weighted by Gasteiger charge is -2.49.